The Balaban J connectivity index is 1.63. The molecule has 1 unspecified atom stereocenters. The van der Waals surface area contributed by atoms with Gasteiger partial charge in [0.15, 0.2) is 0 Å². The Morgan fingerprint density at radius 1 is 1.04 bits per heavy atom. The second-order valence-electron chi connectivity index (χ2n) is 6.62. The molecular formula is C20H22ClN3O2. The summed E-state index contributed by atoms with van der Waals surface area (Å²) in [5, 5.41) is 5.59. The molecule has 4 N–H and O–H groups in total. The third-order valence-corrected chi connectivity index (χ3v) is 5.01. The normalized spacial score (nSPS) is 14.2. The summed E-state index contributed by atoms with van der Waals surface area (Å²) in [5.41, 5.74) is 10.2. The highest BCUT2D eigenvalue weighted by molar-refractivity contribution is 6.40. The number of hydrogen-bond donors (Lipinski definition) is 3. The minimum Gasteiger partial charge on any atom is -0.398 e. The predicted molar refractivity (Wildman–Crippen MR) is 104 cm³/mol. The van der Waals surface area contributed by atoms with E-state index in [1.165, 1.54) is 30.0 Å². The minimum absolute atomic E-state index is 0.254. The topological polar surface area (TPSA) is 84.2 Å². The molecule has 26 heavy (non-hydrogen) atoms. The number of fused-ring (bicyclic) bond motifs is 1. The van der Waals surface area contributed by atoms with Gasteiger partial charge in [0.25, 0.3) is 0 Å². The van der Waals surface area contributed by atoms with Crippen molar-refractivity contribution in [3.05, 3.63) is 58.1 Å². The second-order valence-corrected chi connectivity index (χ2v) is 7.03. The van der Waals surface area contributed by atoms with Crippen LogP contribution in [0.15, 0.2) is 36.4 Å². The first-order valence-corrected chi connectivity index (χ1v) is 9.10. The summed E-state index contributed by atoms with van der Waals surface area (Å²) in [4.78, 5) is 24.3. The maximum Gasteiger partial charge on any atom is 0.313 e. The zero-order chi connectivity index (χ0) is 18.7. The number of carbonyl (C=O) groups is 2. The Labute approximate surface area is 157 Å². The van der Waals surface area contributed by atoms with Crippen LogP contribution < -0.4 is 16.4 Å². The molecule has 6 heteroatoms. The van der Waals surface area contributed by atoms with Gasteiger partial charge in [0.1, 0.15) is 0 Å². The van der Waals surface area contributed by atoms with Crippen molar-refractivity contribution in [3.8, 4) is 0 Å². The number of hydrogen-bond acceptors (Lipinski definition) is 3. The van der Waals surface area contributed by atoms with Crippen LogP contribution in [0, 0.1) is 0 Å². The fourth-order valence-electron chi connectivity index (χ4n) is 3.16. The summed E-state index contributed by atoms with van der Waals surface area (Å²) in [5.74, 6) is -1.43. The highest BCUT2D eigenvalue weighted by Crippen LogP contribution is 2.25. The van der Waals surface area contributed by atoms with E-state index in [4.69, 9.17) is 17.3 Å². The van der Waals surface area contributed by atoms with E-state index in [2.05, 4.69) is 22.8 Å². The van der Waals surface area contributed by atoms with Gasteiger partial charge in [0, 0.05) is 5.69 Å². The first-order valence-electron chi connectivity index (χ1n) is 8.72. The van der Waals surface area contributed by atoms with Gasteiger partial charge in [-0.1, -0.05) is 29.8 Å². The van der Waals surface area contributed by atoms with Gasteiger partial charge in [-0.25, -0.2) is 0 Å². The van der Waals surface area contributed by atoms with Gasteiger partial charge in [0.05, 0.1) is 16.8 Å². The van der Waals surface area contributed by atoms with Crippen LogP contribution in [-0.4, -0.2) is 11.8 Å². The van der Waals surface area contributed by atoms with E-state index in [0.29, 0.717) is 16.4 Å². The smallest absolute Gasteiger partial charge is 0.313 e. The molecule has 1 aliphatic carbocycles. The highest BCUT2D eigenvalue weighted by atomic mass is 35.5. The van der Waals surface area contributed by atoms with Gasteiger partial charge in [0.2, 0.25) is 0 Å². The first kappa shape index (κ1) is 18.3. The summed E-state index contributed by atoms with van der Waals surface area (Å²) in [6.07, 6.45) is 4.61. The maximum absolute atomic E-state index is 12.2. The lowest BCUT2D eigenvalue weighted by atomic mass is 9.89. The molecule has 136 valence electrons. The monoisotopic (exact) mass is 371 g/mol. The van der Waals surface area contributed by atoms with E-state index in [1.54, 1.807) is 12.1 Å². The van der Waals surface area contributed by atoms with Crippen molar-refractivity contribution in [3.63, 3.8) is 0 Å². The zero-order valence-corrected chi connectivity index (χ0v) is 15.4. The number of carbonyl (C=O) groups excluding carboxylic acids is 2. The van der Waals surface area contributed by atoms with Gasteiger partial charge >= 0.3 is 11.8 Å². The van der Waals surface area contributed by atoms with Crippen LogP contribution >= 0.6 is 11.6 Å². The van der Waals surface area contributed by atoms with E-state index in [1.807, 2.05) is 13.0 Å². The van der Waals surface area contributed by atoms with E-state index in [9.17, 15) is 9.59 Å². The second kappa shape index (κ2) is 7.79. The number of aryl methyl sites for hydroxylation is 2. The molecule has 0 radical (unpaired) electrons. The molecule has 5 nitrogen and oxygen atoms in total. The number of halogens is 1. The molecule has 1 aliphatic rings. The van der Waals surface area contributed by atoms with Gasteiger partial charge in [-0.2, -0.15) is 0 Å². The Morgan fingerprint density at radius 2 is 1.77 bits per heavy atom. The van der Waals surface area contributed by atoms with Gasteiger partial charge < -0.3 is 16.4 Å². The molecule has 2 aromatic carbocycles. The summed E-state index contributed by atoms with van der Waals surface area (Å²) in [7, 11) is 0. The number of rotatable bonds is 3. The molecule has 3 rings (SSSR count). The lowest BCUT2D eigenvalue weighted by molar-refractivity contribution is -0.136. The molecule has 0 spiro atoms. The van der Waals surface area contributed by atoms with Crippen molar-refractivity contribution in [1.29, 1.82) is 0 Å². The number of nitrogens with one attached hydrogen (secondary N) is 2. The Bertz CT molecular complexity index is 851. The molecule has 2 amide bonds. The van der Waals surface area contributed by atoms with Crippen LogP contribution in [0.5, 0.6) is 0 Å². The Hall–Kier alpha value is -2.53. The molecule has 1 atom stereocenters. The third-order valence-electron chi connectivity index (χ3n) is 4.68. The zero-order valence-electron chi connectivity index (χ0n) is 14.6. The summed E-state index contributed by atoms with van der Waals surface area (Å²) >= 11 is 5.92. The van der Waals surface area contributed by atoms with Crippen LogP contribution in [-0.2, 0) is 22.4 Å². The van der Waals surface area contributed by atoms with Gasteiger partial charge in [-0.05, 0) is 67.5 Å². The van der Waals surface area contributed by atoms with E-state index in [0.717, 1.165) is 18.4 Å². The molecule has 0 saturated heterocycles. The summed E-state index contributed by atoms with van der Waals surface area (Å²) in [6.45, 7) is 1.87. The molecule has 0 aliphatic heterocycles. The number of anilines is 2. The van der Waals surface area contributed by atoms with E-state index >= 15 is 0 Å². The molecular weight excluding hydrogens is 350 g/mol. The van der Waals surface area contributed by atoms with Crippen molar-refractivity contribution in [1.82, 2.24) is 5.32 Å². The highest BCUT2D eigenvalue weighted by Gasteiger charge is 2.19. The van der Waals surface area contributed by atoms with Crippen LogP contribution in [0.25, 0.3) is 0 Å². The van der Waals surface area contributed by atoms with Crippen molar-refractivity contribution in [2.75, 3.05) is 11.1 Å². The van der Waals surface area contributed by atoms with Crippen molar-refractivity contribution < 1.29 is 9.59 Å². The van der Waals surface area contributed by atoms with E-state index < -0.39 is 11.8 Å². The lowest BCUT2D eigenvalue weighted by Gasteiger charge is -2.20. The quantitative estimate of drug-likeness (QED) is 0.569. The van der Waals surface area contributed by atoms with Crippen molar-refractivity contribution in [2.24, 2.45) is 0 Å². The Morgan fingerprint density at radius 3 is 2.50 bits per heavy atom. The third kappa shape index (κ3) is 4.17. The van der Waals surface area contributed by atoms with Crippen LogP contribution in [0.3, 0.4) is 0 Å². The predicted octanol–water partition coefficient (Wildman–Crippen LogP) is 3.62. The van der Waals surface area contributed by atoms with Crippen LogP contribution in [0.2, 0.25) is 5.02 Å². The number of nitrogens with two attached hydrogens (primary N) is 1. The SMILES string of the molecule is CC(NC(=O)C(=O)Nc1ccc(N)c(Cl)c1)c1ccc2c(c1)CCCC2. The lowest BCUT2D eigenvalue weighted by Crippen LogP contribution is -2.37. The fraction of sp³-hybridized carbons (Fsp3) is 0.300. The molecule has 0 fully saturated rings. The standard InChI is InChI=1S/C20H22ClN3O2/c1-12(14-7-6-13-4-2-3-5-15(13)10-14)23-19(25)20(26)24-16-8-9-18(22)17(21)11-16/h6-12H,2-5,22H2,1H3,(H,23,25)(H,24,26). The average molecular weight is 372 g/mol. The van der Waals surface area contributed by atoms with Crippen molar-refractivity contribution >= 4 is 34.8 Å². The first-order chi connectivity index (χ1) is 12.4. The number of nitrogen functional groups attached to an aromatic ring is 1. The maximum atomic E-state index is 12.2. The van der Waals surface area contributed by atoms with Crippen LogP contribution in [0.1, 0.15) is 42.5 Å². The molecule has 0 aromatic heterocycles. The summed E-state index contributed by atoms with van der Waals surface area (Å²) in [6, 6.07) is 10.7. The van der Waals surface area contributed by atoms with Gasteiger partial charge in [-0.3, -0.25) is 9.59 Å². The summed E-state index contributed by atoms with van der Waals surface area (Å²) < 4.78 is 0. The van der Waals surface area contributed by atoms with Gasteiger partial charge in [-0.15, -0.1) is 0 Å². The fourth-order valence-corrected chi connectivity index (χ4v) is 3.34. The molecule has 0 bridgehead atoms. The number of benzene rings is 2. The Kier molecular flexibility index (Phi) is 5.47. The van der Waals surface area contributed by atoms with Crippen molar-refractivity contribution in [2.45, 2.75) is 38.6 Å². The largest absolute Gasteiger partial charge is 0.398 e. The van der Waals surface area contributed by atoms with Crippen LogP contribution in [0.4, 0.5) is 11.4 Å². The average Bonchev–Trinajstić information content (AvgIpc) is 2.64. The van der Waals surface area contributed by atoms with E-state index in [-0.39, 0.29) is 6.04 Å². The molecule has 0 heterocycles. The molecule has 0 saturated carbocycles. The minimum atomic E-state index is -0.740. The number of amides is 2. The molecule has 2 aromatic rings.